The van der Waals surface area contributed by atoms with E-state index in [0.29, 0.717) is 22.4 Å². The van der Waals surface area contributed by atoms with E-state index in [4.69, 9.17) is 0 Å². The zero-order chi connectivity index (χ0) is 21.0. The van der Waals surface area contributed by atoms with Gasteiger partial charge in [-0.3, -0.25) is 9.78 Å². The minimum atomic E-state index is -1.29. The van der Waals surface area contributed by atoms with Crippen LogP contribution in [-0.2, 0) is 0 Å². The maximum absolute atomic E-state index is 14.6. The summed E-state index contributed by atoms with van der Waals surface area (Å²) in [5, 5.41) is 19.1. The number of rotatable bonds is 0. The third-order valence-electron chi connectivity index (χ3n) is 5.32. The standard InChI is InChI=1S/C24H9F2N3O/c25-17-8-7-15-18(12(10-27)11-28)21(24(30)20(15)22(17)26)19-13-4-1-2-5-14(13)23-16(19)6-3-9-29-23/h1-9H/b21-19-. The Kier molecular flexibility index (Phi) is 3.71. The summed E-state index contributed by atoms with van der Waals surface area (Å²) in [6, 6.07) is 16.4. The number of hydrogen-bond donors (Lipinski definition) is 0. The number of ketones is 1. The van der Waals surface area contributed by atoms with Crippen molar-refractivity contribution in [3.05, 3.63) is 99.8 Å². The summed E-state index contributed by atoms with van der Waals surface area (Å²) < 4.78 is 28.6. The van der Waals surface area contributed by atoms with Gasteiger partial charge in [-0.05, 0) is 23.3 Å². The number of hydrogen-bond acceptors (Lipinski definition) is 4. The van der Waals surface area contributed by atoms with Crippen LogP contribution in [0.2, 0.25) is 0 Å². The van der Waals surface area contributed by atoms with Crippen molar-refractivity contribution in [2.75, 3.05) is 0 Å². The summed E-state index contributed by atoms with van der Waals surface area (Å²) >= 11 is 0. The zero-order valence-electron chi connectivity index (χ0n) is 15.2. The molecule has 30 heavy (non-hydrogen) atoms. The highest BCUT2D eigenvalue weighted by molar-refractivity contribution is 6.33. The van der Waals surface area contributed by atoms with Gasteiger partial charge in [0, 0.05) is 34.0 Å². The van der Waals surface area contributed by atoms with E-state index in [1.165, 1.54) is 6.07 Å². The second kappa shape index (κ2) is 6.30. The highest BCUT2D eigenvalue weighted by Gasteiger charge is 2.40. The number of pyridine rings is 1. The molecule has 0 aliphatic heterocycles. The van der Waals surface area contributed by atoms with Crippen LogP contribution in [0.25, 0.3) is 22.4 Å². The van der Waals surface area contributed by atoms with E-state index in [9.17, 15) is 24.1 Å². The predicted octanol–water partition coefficient (Wildman–Crippen LogP) is 4.84. The molecule has 4 nitrogen and oxygen atoms in total. The number of fused-ring (bicyclic) bond motifs is 4. The minimum Gasteiger partial charge on any atom is -0.288 e. The predicted molar refractivity (Wildman–Crippen MR) is 105 cm³/mol. The number of nitrogens with zero attached hydrogens (tertiary/aromatic N) is 3. The van der Waals surface area contributed by atoms with Gasteiger partial charge >= 0.3 is 0 Å². The molecule has 0 unspecified atom stereocenters. The summed E-state index contributed by atoms with van der Waals surface area (Å²) in [5.41, 5.74) is 2.42. The van der Waals surface area contributed by atoms with Crippen LogP contribution >= 0.6 is 0 Å². The van der Waals surface area contributed by atoms with Gasteiger partial charge in [-0.25, -0.2) is 8.78 Å². The molecule has 0 fully saturated rings. The van der Waals surface area contributed by atoms with Crippen LogP contribution in [0.1, 0.15) is 27.0 Å². The number of benzene rings is 2. The molecule has 0 amide bonds. The maximum atomic E-state index is 14.6. The number of aromatic nitrogens is 1. The van der Waals surface area contributed by atoms with Gasteiger partial charge in [0.25, 0.3) is 0 Å². The Hall–Kier alpha value is -4.42. The van der Waals surface area contributed by atoms with Crippen molar-refractivity contribution in [1.82, 2.24) is 4.98 Å². The Morgan fingerprint density at radius 1 is 0.833 bits per heavy atom. The van der Waals surface area contributed by atoms with Gasteiger partial charge in [0.15, 0.2) is 17.4 Å². The fourth-order valence-electron chi connectivity index (χ4n) is 4.13. The van der Waals surface area contributed by atoms with Crippen molar-refractivity contribution in [1.29, 1.82) is 10.5 Å². The van der Waals surface area contributed by atoms with Crippen LogP contribution in [0.15, 0.2) is 65.9 Å². The van der Waals surface area contributed by atoms with Crippen LogP contribution in [0.3, 0.4) is 0 Å². The van der Waals surface area contributed by atoms with E-state index < -0.39 is 23.0 Å². The normalized spacial score (nSPS) is 15.9. The molecule has 3 aromatic rings. The second-order valence-electron chi connectivity index (χ2n) is 6.78. The summed E-state index contributed by atoms with van der Waals surface area (Å²) in [6.07, 6.45) is 1.62. The lowest BCUT2D eigenvalue weighted by Gasteiger charge is -2.09. The quantitative estimate of drug-likeness (QED) is 0.316. The van der Waals surface area contributed by atoms with E-state index in [0.717, 1.165) is 11.6 Å². The molecule has 140 valence electrons. The number of Topliss-reactive ketones (excluding diaryl/α,β-unsaturated/α-hetero) is 1. The van der Waals surface area contributed by atoms with Gasteiger partial charge in [0.1, 0.15) is 17.7 Å². The summed E-state index contributed by atoms with van der Waals surface area (Å²) in [7, 11) is 0. The van der Waals surface area contributed by atoms with Gasteiger partial charge in [-0.15, -0.1) is 0 Å². The van der Waals surface area contributed by atoms with Crippen molar-refractivity contribution in [3.8, 4) is 23.4 Å². The SMILES string of the molecule is N#CC(C#N)=C1/C(=C2\c3ccccc3-c3ncccc32)C(=O)c2c1ccc(F)c2F. The fourth-order valence-corrected chi connectivity index (χ4v) is 4.13. The van der Waals surface area contributed by atoms with E-state index >= 15 is 0 Å². The first-order chi connectivity index (χ1) is 14.6. The summed E-state index contributed by atoms with van der Waals surface area (Å²) in [4.78, 5) is 17.8. The molecule has 2 aliphatic carbocycles. The number of carbonyl (C=O) groups excluding carboxylic acids is 1. The smallest absolute Gasteiger partial charge is 0.198 e. The first-order valence-electron chi connectivity index (χ1n) is 8.95. The average Bonchev–Trinajstić information content (AvgIpc) is 3.24. The lowest BCUT2D eigenvalue weighted by molar-refractivity contribution is 0.103. The van der Waals surface area contributed by atoms with Gasteiger partial charge < -0.3 is 0 Å². The van der Waals surface area contributed by atoms with Gasteiger partial charge in [-0.2, -0.15) is 10.5 Å². The Labute approximate surface area is 169 Å². The zero-order valence-corrected chi connectivity index (χ0v) is 15.2. The Morgan fingerprint density at radius 2 is 1.53 bits per heavy atom. The van der Waals surface area contributed by atoms with Crippen LogP contribution in [0, 0.1) is 34.3 Å². The van der Waals surface area contributed by atoms with Gasteiger partial charge in [0.05, 0.1) is 11.3 Å². The average molecular weight is 393 g/mol. The highest BCUT2D eigenvalue weighted by Crippen LogP contribution is 2.51. The first-order valence-corrected chi connectivity index (χ1v) is 8.95. The molecule has 1 aromatic heterocycles. The lowest BCUT2D eigenvalue weighted by Crippen LogP contribution is -2.03. The van der Waals surface area contributed by atoms with Crippen LogP contribution in [-0.4, -0.2) is 10.8 Å². The Bertz CT molecular complexity index is 1390. The Balaban J connectivity index is 1.99. The largest absolute Gasteiger partial charge is 0.288 e. The third kappa shape index (κ3) is 2.16. The molecule has 0 bridgehead atoms. The van der Waals surface area contributed by atoms with Crippen LogP contribution in [0.5, 0.6) is 0 Å². The van der Waals surface area contributed by atoms with Crippen LogP contribution < -0.4 is 0 Å². The molecule has 2 aromatic carbocycles. The van der Waals surface area contributed by atoms with Crippen molar-refractivity contribution in [2.24, 2.45) is 0 Å². The maximum Gasteiger partial charge on any atom is 0.198 e. The molecule has 5 rings (SSSR count). The molecular weight excluding hydrogens is 384 g/mol. The van der Waals surface area contributed by atoms with E-state index in [2.05, 4.69) is 4.98 Å². The molecule has 6 heteroatoms. The fraction of sp³-hybridized carbons (Fsp3) is 0. The molecule has 0 radical (unpaired) electrons. The monoisotopic (exact) mass is 393 g/mol. The summed E-state index contributed by atoms with van der Waals surface area (Å²) in [5.74, 6) is -3.22. The van der Waals surface area contributed by atoms with E-state index in [1.807, 2.05) is 12.1 Å². The van der Waals surface area contributed by atoms with Crippen molar-refractivity contribution in [3.63, 3.8) is 0 Å². The van der Waals surface area contributed by atoms with Crippen molar-refractivity contribution >= 4 is 16.9 Å². The number of allylic oxidation sites excluding steroid dienone is 3. The number of halogens is 2. The molecule has 2 aliphatic rings. The molecule has 0 atom stereocenters. The molecule has 0 N–H and O–H groups in total. The molecule has 1 heterocycles. The summed E-state index contributed by atoms with van der Waals surface area (Å²) in [6.45, 7) is 0. The third-order valence-corrected chi connectivity index (χ3v) is 5.32. The Morgan fingerprint density at radius 3 is 2.27 bits per heavy atom. The minimum absolute atomic E-state index is 0.00630. The van der Waals surface area contributed by atoms with E-state index in [1.54, 1.807) is 42.6 Å². The second-order valence-corrected chi connectivity index (χ2v) is 6.78. The number of nitriles is 2. The van der Waals surface area contributed by atoms with Crippen LogP contribution in [0.4, 0.5) is 8.78 Å². The van der Waals surface area contributed by atoms with Gasteiger partial charge in [0.2, 0.25) is 0 Å². The topological polar surface area (TPSA) is 77.5 Å². The van der Waals surface area contributed by atoms with E-state index in [-0.39, 0.29) is 22.3 Å². The van der Waals surface area contributed by atoms with Gasteiger partial charge in [-0.1, -0.05) is 36.4 Å². The molecule has 0 saturated heterocycles. The lowest BCUT2D eigenvalue weighted by atomic mass is 9.91. The number of carbonyl (C=O) groups is 1. The van der Waals surface area contributed by atoms with Crippen molar-refractivity contribution < 1.29 is 13.6 Å². The first kappa shape index (κ1) is 17.7. The van der Waals surface area contributed by atoms with Crippen molar-refractivity contribution in [2.45, 2.75) is 0 Å². The molecule has 0 spiro atoms. The molecular formula is C24H9F2N3O. The highest BCUT2D eigenvalue weighted by atomic mass is 19.2. The molecule has 0 saturated carbocycles.